The largest absolute Gasteiger partial charge is 0.496 e. The van der Waals surface area contributed by atoms with Crippen LogP contribution in [0.2, 0.25) is 0 Å². The van der Waals surface area contributed by atoms with Crippen molar-refractivity contribution in [2.24, 2.45) is 0 Å². The highest BCUT2D eigenvalue weighted by Gasteiger charge is 2.22. The lowest BCUT2D eigenvalue weighted by molar-refractivity contribution is 0.0304. The van der Waals surface area contributed by atoms with Crippen LogP contribution < -0.4 is 4.74 Å². The first-order valence-electron chi connectivity index (χ1n) is 9.11. The number of hydrogen-bond donors (Lipinski definition) is 1. The third-order valence-electron chi connectivity index (χ3n) is 5.12. The van der Waals surface area contributed by atoms with Crippen LogP contribution in [0.3, 0.4) is 0 Å². The van der Waals surface area contributed by atoms with E-state index < -0.39 is 0 Å². The number of nitrogens with zero attached hydrogens (tertiary/aromatic N) is 4. The van der Waals surface area contributed by atoms with Crippen LogP contribution in [-0.4, -0.2) is 63.8 Å². The van der Waals surface area contributed by atoms with Gasteiger partial charge in [-0.05, 0) is 23.8 Å². The Morgan fingerprint density at radius 3 is 2.96 bits per heavy atom. The normalized spacial score (nSPS) is 14.7. The molecule has 8 nitrogen and oxygen atoms in total. The number of pyridine rings is 2. The third-order valence-corrected chi connectivity index (χ3v) is 5.12. The van der Waals surface area contributed by atoms with Gasteiger partial charge < -0.3 is 19.4 Å². The molecule has 0 saturated carbocycles. The number of fused-ring (bicyclic) bond motifs is 2. The van der Waals surface area contributed by atoms with Crippen LogP contribution in [0.5, 0.6) is 5.75 Å². The molecule has 142 valence electrons. The van der Waals surface area contributed by atoms with Crippen molar-refractivity contribution in [1.82, 2.24) is 24.5 Å². The summed E-state index contributed by atoms with van der Waals surface area (Å²) in [5.74, 6) is 0.730. The van der Waals surface area contributed by atoms with Crippen molar-refractivity contribution < 1.29 is 14.3 Å². The summed E-state index contributed by atoms with van der Waals surface area (Å²) < 4.78 is 12.6. The smallest absolute Gasteiger partial charge is 0.257 e. The lowest BCUT2D eigenvalue weighted by Crippen LogP contribution is -2.40. The Labute approximate surface area is 160 Å². The number of carbonyl (C=O) groups excluding carboxylic acids is 1. The molecule has 0 spiro atoms. The van der Waals surface area contributed by atoms with E-state index in [1.54, 1.807) is 24.0 Å². The Morgan fingerprint density at radius 1 is 1.29 bits per heavy atom. The molecule has 0 unspecified atom stereocenters. The number of amides is 1. The predicted molar refractivity (Wildman–Crippen MR) is 104 cm³/mol. The highest BCUT2D eigenvalue weighted by molar-refractivity contribution is 6.03. The van der Waals surface area contributed by atoms with Crippen LogP contribution in [0.1, 0.15) is 10.4 Å². The zero-order valence-electron chi connectivity index (χ0n) is 15.4. The van der Waals surface area contributed by atoms with Crippen LogP contribution in [0, 0.1) is 0 Å². The SMILES string of the molecule is COc1ccnc2[nH]cc(-c3ccn4ncc(C(=O)N5CCOCC5)c4c3)c12. The molecular weight excluding hydrogens is 358 g/mol. The number of ether oxygens (including phenoxy) is 2. The van der Waals surface area contributed by atoms with Gasteiger partial charge in [0.15, 0.2) is 0 Å². The van der Waals surface area contributed by atoms with Crippen LogP contribution in [0.15, 0.2) is 43.0 Å². The summed E-state index contributed by atoms with van der Waals surface area (Å²) >= 11 is 0. The van der Waals surface area contributed by atoms with Gasteiger partial charge in [-0.1, -0.05) is 0 Å². The number of methoxy groups -OCH3 is 1. The van der Waals surface area contributed by atoms with Crippen molar-refractivity contribution in [2.75, 3.05) is 33.4 Å². The Hall–Kier alpha value is -3.39. The first-order valence-corrected chi connectivity index (χ1v) is 9.11. The van der Waals surface area contributed by atoms with E-state index in [4.69, 9.17) is 9.47 Å². The van der Waals surface area contributed by atoms with E-state index in [-0.39, 0.29) is 5.91 Å². The van der Waals surface area contributed by atoms with Gasteiger partial charge in [-0.3, -0.25) is 4.79 Å². The van der Waals surface area contributed by atoms with E-state index in [0.29, 0.717) is 31.9 Å². The monoisotopic (exact) mass is 377 g/mol. The fraction of sp³-hybridized carbons (Fsp3) is 0.250. The third kappa shape index (κ3) is 2.61. The minimum atomic E-state index is -0.0198. The Balaban J connectivity index is 1.62. The first kappa shape index (κ1) is 16.8. The molecule has 1 aliphatic rings. The van der Waals surface area contributed by atoms with Gasteiger partial charge in [0.2, 0.25) is 0 Å². The van der Waals surface area contributed by atoms with E-state index in [9.17, 15) is 4.79 Å². The summed E-state index contributed by atoms with van der Waals surface area (Å²) in [6, 6.07) is 5.79. The molecule has 0 aliphatic carbocycles. The van der Waals surface area contributed by atoms with Crippen LogP contribution in [0.4, 0.5) is 0 Å². The molecule has 1 N–H and O–H groups in total. The number of rotatable bonds is 3. The Bertz CT molecular complexity index is 1170. The van der Waals surface area contributed by atoms with Gasteiger partial charge in [-0.15, -0.1) is 0 Å². The molecular formula is C20H19N5O3. The number of aromatic nitrogens is 4. The molecule has 5 heterocycles. The average Bonchev–Trinajstić information content (AvgIpc) is 3.37. The van der Waals surface area contributed by atoms with Gasteiger partial charge in [-0.25, -0.2) is 9.50 Å². The number of aromatic amines is 1. The number of nitrogens with one attached hydrogen (secondary N) is 1. The maximum absolute atomic E-state index is 13.0. The van der Waals surface area contributed by atoms with E-state index in [2.05, 4.69) is 15.1 Å². The van der Waals surface area contributed by atoms with E-state index >= 15 is 0 Å². The molecule has 0 aromatic carbocycles. The van der Waals surface area contributed by atoms with Gasteiger partial charge in [0.05, 0.1) is 43.0 Å². The number of H-pyrrole nitrogens is 1. The van der Waals surface area contributed by atoms with Gasteiger partial charge in [-0.2, -0.15) is 5.10 Å². The van der Waals surface area contributed by atoms with Crippen molar-refractivity contribution >= 4 is 22.5 Å². The van der Waals surface area contributed by atoms with Crippen molar-refractivity contribution in [1.29, 1.82) is 0 Å². The predicted octanol–water partition coefficient (Wildman–Crippen LogP) is 2.36. The van der Waals surface area contributed by atoms with E-state index in [1.165, 1.54) is 0 Å². The molecule has 1 fully saturated rings. The molecule has 4 aromatic rings. The standard InChI is InChI=1S/C20H19N5O3/c1-27-17-2-4-21-19-18(17)14(11-22-19)13-3-5-25-16(10-13)15(12-23-25)20(26)24-6-8-28-9-7-24/h2-5,10-12H,6-9H2,1H3,(H,21,22). The van der Waals surface area contributed by atoms with E-state index in [0.717, 1.165) is 33.4 Å². The van der Waals surface area contributed by atoms with E-state index in [1.807, 2.05) is 35.5 Å². The molecule has 0 bridgehead atoms. The minimum Gasteiger partial charge on any atom is -0.496 e. The van der Waals surface area contributed by atoms with Crippen molar-refractivity contribution in [3.8, 4) is 16.9 Å². The zero-order chi connectivity index (χ0) is 19.1. The summed E-state index contributed by atoms with van der Waals surface area (Å²) in [4.78, 5) is 22.3. The highest BCUT2D eigenvalue weighted by Crippen LogP contribution is 2.34. The fourth-order valence-corrected chi connectivity index (χ4v) is 3.67. The van der Waals surface area contributed by atoms with Crippen LogP contribution in [0.25, 0.3) is 27.7 Å². The lowest BCUT2D eigenvalue weighted by Gasteiger charge is -2.26. The second-order valence-electron chi connectivity index (χ2n) is 6.65. The lowest BCUT2D eigenvalue weighted by atomic mass is 10.1. The molecule has 0 radical (unpaired) electrons. The van der Waals surface area contributed by atoms with Crippen LogP contribution in [-0.2, 0) is 4.74 Å². The van der Waals surface area contributed by atoms with Crippen LogP contribution >= 0.6 is 0 Å². The molecule has 28 heavy (non-hydrogen) atoms. The number of hydrogen-bond acceptors (Lipinski definition) is 5. The van der Waals surface area contributed by atoms with Crippen molar-refractivity contribution in [2.45, 2.75) is 0 Å². The molecule has 4 aromatic heterocycles. The van der Waals surface area contributed by atoms with Gasteiger partial charge in [0.1, 0.15) is 11.4 Å². The summed E-state index contributed by atoms with van der Waals surface area (Å²) in [6.45, 7) is 2.33. The van der Waals surface area contributed by atoms with Gasteiger partial charge in [0.25, 0.3) is 5.91 Å². The van der Waals surface area contributed by atoms with Crippen molar-refractivity contribution in [3.63, 3.8) is 0 Å². The first-order chi connectivity index (χ1) is 13.8. The summed E-state index contributed by atoms with van der Waals surface area (Å²) in [5, 5.41) is 5.26. The number of morpholine rings is 1. The molecule has 8 heteroatoms. The second kappa shape index (κ2) is 6.65. The summed E-state index contributed by atoms with van der Waals surface area (Å²) in [6.07, 6.45) is 7.11. The zero-order valence-corrected chi connectivity index (χ0v) is 15.4. The Kier molecular flexibility index (Phi) is 3.98. The Morgan fingerprint density at radius 2 is 2.14 bits per heavy atom. The maximum atomic E-state index is 13.0. The summed E-state index contributed by atoms with van der Waals surface area (Å²) in [5.41, 5.74) is 4.04. The topological polar surface area (TPSA) is 84.8 Å². The molecule has 1 saturated heterocycles. The average molecular weight is 377 g/mol. The molecule has 1 amide bonds. The second-order valence-corrected chi connectivity index (χ2v) is 6.65. The number of carbonyl (C=O) groups is 1. The molecule has 5 rings (SSSR count). The maximum Gasteiger partial charge on any atom is 0.257 e. The molecule has 0 atom stereocenters. The van der Waals surface area contributed by atoms with Gasteiger partial charge in [0, 0.05) is 37.2 Å². The quantitative estimate of drug-likeness (QED) is 0.592. The molecule has 1 aliphatic heterocycles. The summed E-state index contributed by atoms with van der Waals surface area (Å²) in [7, 11) is 1.64. The fourth-order valence-electron chi connectivity index (χ4n) is 3.67. The van der Waals surface area contributed by atoms with Gasteiger partial charge >= 0.3 is 0 Å². The highest BCUT2D eigenvalue weighted by atomic mass is 16.5. The van der Waals surface area contributed by atoms with Crippen molar-refractivity contribution in [3.05, 3.63) is 48.5 Å². The minimum absolute atomic E-state index is 0.0198.